The molecule has 0 aromatic heterocycles. The highest BCUT2D eigenvalue weighted by molar-refractivity contribution is 8.18. The number of aliphatic carboxylic acids is 1. The second kappa shape index (κ2) is 11.4. The highest BCUT2D eigenvalue weighted by atomic mass is 32.2. The van der Waals surface area contributed by atoms with Crippen LogP contribution in [0.25, 0.3) is 6.08 Å². The summed E-state index contributed by atoms with van der Waals surface area (Å²) in [5.41, 5.74) is 2.06. The fourth-order valence-electron chi connectivity index (χ4n) is 3.15. The topological polar surface area (TPSA) is 122 Å². The molecule has 178 valence electrons. The van der Waals surface area contributed by atoms with Crippen LogP contribution in [0.1, 0.15) is 25.0 Å². The van der Waals surface area contributed by atoms with Crippen molar-refractivity contribution < 1.29 is 33.8 Å². The summed E-state index contributed by atoms with van der Waals surface area (Å²) >= 11 is 0.688. The van der Waals surface area contributed by atoms with Crippen molar-refractivity contribution >= 4 is 46.5 Å². The van der Waals surface area contributed by atoms with Crippen LogP contribution in [-0.2, 0) is 20.8 Å². The smallest absolute Gasteiger partial charge is 0.341 e. The maximum Gasteiger partial charge on any atom is 0.341 e. The zero-order chi connectivity index (χ0) is 24.7. The minimum absolute atomic E-state index is 0.0823. The Morgan fingerprint density at radius 2 is 1.82 bits per heavy atom. The minimum Gasteiger partial charge on any atom is -0.490 e. The van der Waals surface area contributed by atoms with Crippen LogP contribution in [0, 0.1) is 0 Å². The second-order valence-electron chi connectivity index (χ2n) is 7.16. The predicted octanol–water partition coefficient (Wildman–Crippen LogP) is 3.79. The second-order valence-corrected chi connectivity index (χ2v) is 8.15. The quantitative estimate of drug-likeness (QED) is 0.489. The van der Waals surface area contributed by atoms with E-state index >= 15 is 0 Å². The van der Waals surface area contributed by atoms with Gasteiger partial charge < -0.3 is 19.9 Å². The monoisotopic (exact) mass is 484 g/mol. The Bertz CT molecular complexity index is 1130. The Hall–Kier alpha value is -3.79. The van der Waals surface area contributed by atoms with Crippen molar-refractivity contribution in [1.82, 2.24) is 4.90 Å². The SMILES string of the molecule is CCOc1cccc(/C=C2\SC(=O)N(CC(=O)Nc3ccc(CC)cc3)C2=O)c1OCC(=O)O. The molecule has 0 aliphatic carbocycles. The lowest BCUT2D eigenvalue weighted by Gasteiger charge is -2.14. The van der Waals surface area contributed by atoms with Crippen LogP contribution in [-0.4, -0.2) is 52.8 Å². The lowest BCUT2D eigenvalue weighted by atomic mass is 10.1. The van der Waals surface area contributed by atoms with E-state index < -0.39 is 36.2 Å². The van der Waals surface area contributed by atoms with Gasteiger partial charge in [-0.15, -0.1) is 0 Å². The van der Waals surface area contributed by atoms with Crippen LogP contribution < -0.4 is 14.8 Å². The first-order valence-corrected chi connectivity index (χ1v) is 11.4. The van der Waals surface area contributed by atoms with Gasteiger partial charge in [0.15, 0.2) is 18.1 Å². The normalized spacial score (nSPS) is 14.4. The number of carboxylic acid groups (broad SMARTS) is 1. The van der Waals surface area contributed by atoms with Crippen molar-refractivity contribution in [2.45, 2.75) is 20.3 Å². The number of nitrogens with one attached hydrogen (secondary N) is 1. The molecule has 0 atom stereocenters. The van der Waals surface area contributed by atoms with Gasteiger partial charge in [-0.25, -0.2) is 4.79 Å². The van der Waals surface area contributed by atoms with Gasteiger partial charge in [0.25, 0.3) is 11.1 Å². The van der Waals surface area contributed by atoms with Crippen molar-refractivity contribution in [2.24, 2.45) is 0 Å². The molecule has 1 saturated heterocycles. The minimum atomic E-state index is -1.17. The van der Waals surface area contributed by atoms with Gasteiger partial charge in [0, 0.05) is 11.3 Å². The first-order chi connectivity index (χ1) is 16.3. The molecule has 0 radical (unpaired) electrons. The molecule has 1 fully saturated rings. The van der Waals surface area contributed by atoms with E-state index in [4.69, 9.17) is 14.6 Å². The van der Waals surface area contributed by atoms with E-state index in [0.717, 1.165) is 16.9 Å². The zero-order valence-corrected chi connectivity index (χ0v) is 19.5. The Morgan fingerprint density at radius 1 is 1.09 bits per heavy atom. The van der Waals surface area contributed by atoms with Gasteiger partial charge >= 0.3 is 5.97 Å². The number of carbonyl (C=O) groups is 4. The summed E-state index contributed by atoms with van der Waals surface area (Å²) in [5.74, 6) is -1.85. The molecule has 0 bridgehead atoms. The Labute approximate surface area is 200 Å². The van der Waals surface area contributed by atoms with Gasteiger partial charge in [-0.3, -0.25) is 19.3 Å². The summed E-state index contributed by atoms with van der Waals surface area (Å²) < 4.78 is 10.9. The number of hydrogen-bond donors (Lipinski definition) is 2. The molecule has 3 rings (SSSR count). The van der Waals surface area contributed by atoms with Crippen molar-refractivity contribution in [2.75, 3.05) is 25.1 Å². The average molecular weight is 485 g/mol. The van der Waals surface area contributed by atoms with E-state index in [2.05, 4.69) is 5.32 Å². The molecular weight excluding hydrogens is 460 g/mol. The molecule has 34 heavy (non-hydrogen) atoms. The van der Waals surface area contributed by atoms with Crippen LogP contribution in [0.15, 0.2) is 47.4 Å². The summed E-state index contributed by atoms with van der Waals surface area (Å²) in [6.07, 6.45) is 2.29. The van der Waals surface area contributed by atoms with E-state index in [1.54, 1.807) is 37.3 Å². The fraction of sp³-hybridized carbons (Fsp3) is 0.250. The number of nitrogens with zero attached hydrogens (tertiary/aromatic N) is 1. The molecule has 2 N–H and O–H groups in total. The fourth-order valence-corrected chi connectivity index (χ4v) is 3.98. The van der Waals surface area contributed by atoms with Gasteiger partial charge in [-0.2, -0.15) is 0 Å². The summed E-state index contributed by atoms with van der Waals surface area (Å²) in [7, 11) is 0. The third-order valence-corrected chi connectivity index (χ3v) is 5.66. The summed E-state index contributed by atoms with van der Waals surface area (Å²) in [5, 5.41) is 11.1. The highest BCUT2D eigenvalue weighted by Crippen LogP contribution is 2.37. The number of rotatable bonds is 10. The molecule has 10 heteroatoms. The summed E-state index contributed by atoms with van der Waals surface area (Å²) in [4.78, 5) is 49.6. The number of hydrogen-bond acceptors (Lipinski definition) is 7. The number of anilines is 1. The van der Waals surface area contributed by atoms with Crippen molar-refractivity contribution in [3.63, 3.8) is 0 Å². The maximum atomic E-state index is 12.8. The van der Waals surface area contributed by atoms with Crippen LogP contribution >= 0.6 is 11.8 Å². The Balaban J connectivity index is 1.76. The number of aryl methyl sites for hydroxylation is 1. The van der Waals surface area contributed by atoms with Gasteiger partial charge in [0.1, 0.15) is 6.54 Å². The number of carboxylic acids is 1. The van der Waals surface area contributed by atoms with Crippen LogP contribution in [0.4, 0.5) is 10.5 Å². The lowest BCUT2D eigenvalue weighted by Crippen LogP contribution is -2.36. The van der Waals surface area contributed by atoms with E-state index in [1.807, 2.05) is 19.1 Å². The van der Waals surface area contributed by atoms with Gasteiger partial charge in [0.05, 0.1) is 11.5 Å². The summed E-state index contributed by atoms with van der Waals surface area (Å²) in [6.45, 7) is 3.07. The third kappa shape index (κ3) is 6.16. The Morgan fingerprint density at radius 3 is 2.47 bits per heavy atom. The van der Waals surface area contributed by atoms with E-state index in [0.29, 0.717) is 35.4 Å². The van der Waals surface area contributed by atoms with E-state index in [-0.39, 0.29) is 10.7 Å². The Kier molecular flexibility index (Phi) is 8.31. The molecule has 2 aromatic rings. The molecule has 3 amide bonds. The molecular formula is C24H24N2O7S. The standard InChI is InChI=1S/C24H24N2O7S/c1-3-15-8-10-17(11-9-15)25-20(27)13-26-23(30)19(34-24(26)31)12-16-6-5-7-18(32-4-2)22(16)33-14-21(28)29/h5-12H,3-4,13-14H2,1-2H3,(H,25,27)(H,28,29)/b19-12-. The molecule has 0 unspecified atom stereocenters. The summed E-state index contributed by atoms with van der Waals surface area (Å²) in [6, 6.07) is 12.2. The molecule has 9 nitrogen and oxygen atoms in total. The number of benzene rings is 2. The van der Waals surface area contributed by atoms with Gasteiger partial charge in [0.2, 0.25) is 5.91 Å². The molecule has 1 aliphatic heterocycles. The maximum absolute atomic E-state index is 12.8. The third-order valence-electron chi connectivity index (χ3n) is 4.76. The number of imide groups is 1. The molecule has 0 spiro atoms. The van der Waals surface area contributed by atoms with E-state index in [9.17, 15) is 19.2 Å². The highest BCUT2D eigenvalue weighted by Gasteiger charge is 2.36. The van der Waals surface area contributed by atoms with Gasteiger partial charge in [-0.1, -0.05) is 31.2 Å². The van der Waals surface area contributed by atoms with Crippen molar-refractivity contribution in [3.8, 4) is 11.5 Å². The average Bonchev–Trinajstić information content (AvgIpc) is 3.06. The molecule has 2 aromatic carbocycles. The van der Waals surface area contributed by atoms with Crippen molar-refractivity contribution in [3.05, 3.63) is 58.5 Å². The first-order valence-electron chi connectivity index (χ1n) is 10.6. The van der Waals surface area contributed by atoms with Crippen LogP contribution in [0.5, 0.6) is 11.5 Å². The molecule has 0 saturated carbocycles. The van der Waals surface area contributed by atoms with Crippen LogP contribution in [0.2, 0.25) is 0 Å². The van der Waals surface area contributed by atoms with E-state index in [1.165, 1.54) is 6.08 Å². The van der Waals surface area contributed by atoms with Gasteiger partial charge in [-0.05, 0) is 54.9 Å². The number of carbonyl (C=O) groups excluding carboxylic acids is 3. The largest absolute Gasteiger partial charge is 0.490 e. The number of para-hydroxylation sites is 1. The lowest BCUT2D eigenvalue weighted by molar-refractivity contribution is -0.139. The number of thioether (sulfide) groups is 1. The predicted molar refractivity (Wildman–Crippen MR) is 128 cm³/mol. The van der Waals surface area contributed by atoms with Crippen LogP contribution in [0.3, 0.4) is 0 Å². The zero-order valence-electron chi connectivity index (χ0n) is 18.7. The first kappa shape index (κ1) is 24.8. The van der Waals surface area contributed by atoms with Crippen molar-refractivity contribution in [1.29, 1.82) is 0 Å². The number of ether oxygens (including phenoxy) is 2. The number of amides is 3. The molecule has 1 aliphatic rings. The molecule has 1 heterocycles.